The molecule has 0 unspecified atom stereocenters. The van der Waals surface area contributed by atoms with E-state index < -0.39 is 0 Å². The quantitative estimate of drug-likeness (QED) is 0.351. The fourth-order valence-electron chi connectivity index (χ4n) is 0.152. The lowest BCUT2D eigenvalue weighted by Crippen LogP contribution is -1.74. The van der Waals surface area contributed by atoms with Gasteiger partial charge in [0.1, 0.15) is 7.85 Å². The van der Waals surface area contributed by atoms with Gasteiger partial charge in [-0.25, -0.2) is 0 Å². The molecule has 0 rings (SSSR count). The largest absolute Gasteiger partial charge is 0.503 e. The second kappa shape index (κ2) is 4.60. The highest BCUT2D eigenvalue weighted by Crippen LogP contribution is 1.69. The van der Waals surface area contributed by atoms with Crippen LogP contribution in [-0.2, 0) is 4.74 Å². The summed E-state index contributed by atoms with van der Waals surface area (Å²) in [6.45, 7) is 2.59. The zero-order valence-corrected chi connectivity index (χ0v) is 3.85. The first kappa shape index (κ1) is 5.60. The lowest BCUT2D eigenvalue weighted by Gasteiger charge is -1.86. The summed E-state index contributed by atoms with van der Waals surface area (Å²) in [4.78, 5) is 0. The van der Waals surface area contributed by atoms with Crippen LogP contribution in [0.1, 0.15) is 6.92 Å². The van der Waals surface area contributed by atoms with E-state index in [4.69, 9.17) is 7.85 Å². The van der Waals surface area contributed by atoms with Crippen LogP contribution < -0.4 is 0 Å². The summed E-state index contributed by atoms with van der Waals surface area (Å²) in [6, 6.07) is 0. The van der Waals surface area contributed by atoms with Gasteiger partial charge in [-0.15, -0.1) is 0 Å². The Kier molecular flexibility index (Phi) is 4.30. The maximum absolute atomic E-state index is 4.91. The van der Waals surface area contributed by atoms with Crippen molar-refractivity contribution >= 4 is 7.85 Å². The molecule has 0 aliphatic carbocycles. The summed E-state index contributed by atoms with van der Waals surface area (Å²) in [5, 5.41) is 0. The van der Waals surface area contributed by atoms with Gasteiger partial charge >= 0.3 is 0 Å². The maximum Gasteiger partial charge on any atom is 0.107 e. The molecule has 0 aliphatic heterocycles. The van der Waals surface area contributed by atoms with E-state index in [0.717, 1.165) is 0 Å². The second-order valence-electron chi connectivity index (χ2n) is 0.784. The van der Waals surface area contributed by atoms with Crippen LogP contribution in [0, 0.1) is 0 Å². The molecule has 0 saturated carbocycles. The fourth-order valence-corrected chi connectivity index (χ4v) is 0.152. The van der Waals surface area contributed by atoms with Crippen LogP contribution in [0.3, 0.4) is 0 Å². The van der Waals surface area contributed by atoms with Gasteiger partial charge in [-0.05, 0) is 6.92 Å². The van der Waals surface area contributed by atoms with E-state index in [0.29, 0.717) is 6.61 Å². The average Bonchev–Trinajstić information content (AvgIpc) is 1.61. The smallest absolute Gasteiger partial charge is 0.107 e. The Morgan fingerprint density at radius 2 is 2.50 bits per heavy atom. The molecule has 2 radical (unpaired) electrons. The van der Waals surface area contributed by atoms with Gasteiger partial charge in [-0.1, -0.05) is 5.98 Å². The summed E-state index contributed by atoms with van der Waals surface area (Å²) < 4.78 is 4.68. The van der Waals surface area contributed by atoms with Crippen LogP contribution in [-0.4, -0.2) is 14.5 Å². The van der Waals surface area contributed by atoms with E-state index in [-0.39, 0.29) is 0 Å². The monoisotopic (exact) mass is 82.1 g/mol. The molecule has 0 atom stereocenters. The Morgan fingerprint density at radius 1 is 1.83 bits per heavy atom. The standard InChI is InChI=1S/C4H7BO/c1-2-6-4-3-5/h3-4H,2H2,1H3. The molecule has 6 heavy (non-hydrogen) atoms. The molecule has 0 aromatic rings. The van der Waals surface area contributed by atoms with E-state index in [1.54, 1.807) is 0 Å². The molecular formula is C4H7BO. The van der Waals surface area contributed by atoms with Crippen molar-refractivity contribution in [1.29, 1.82) is 0 Å². The fraction of sp³-hybridized carbons (Fsp3) is 0.500. The van der Waals surface area contributed by atoms with E-state index in [2.05, 4.69) is 4.74 Å². The molecule has 0 amide bonds. The van der Waals surface area contributed by atoms with Gasteiger partial charge in [0, 0.05) is 0 Å². The van der Waals surface area contributed by atoms with E-state index >= 15 is 0 Å². The van der Waals surface area contributed by atoms with Crippen LogP contribution in [0.5, 0.6) is 0 Å². The summed E-state index contributed by atoms with van der Waals surface area (Å²) in [6.07, 6.45) is 1.46. The van der Waals surface area contributed by atoms with Gasteiger partial charge in [-0.2, -0.15) is 0 Å². The van der Waals surface area contributed by atoms with E-state index in [9.17, 15) is 0 Å². The minimum absolute atomic E-state index is 0.688. The Balaban J connectivity index is 2.66. The van der Waals surface area contributed by atoms with Crippen molar-refractivity contribution in [1.82, 2.24) is 0 Å². The van der Waals surface area contributed by atoms with Gasteiger partial charge in [0.2, 0.25) is 0 Å². The third-order valence-corrected chi connectivity index (χ3v) is 0.341. The molecule has 1 nitrogen and oxygen atoms in total. The third-order valence-electron chi connectivity index (χ3n) is 0.341. The first-order valence-electron chi connectivity index (χ1n) is 1.90. The number of hydrogen-bond donors (Lipinski definition) is 0. The lowest BCUT2D eigenvalue weighted by molar-refractivity contribution is 0.270. The van der Waals surface area contributed by atoms with Gasteiger partial charge in [0.15, 0.2) is 0 Å². The average molecular weight is 81.9 g/mol. The molecule has 0 aromatic heterocycles. The van der Waals surface area contributed by atoms with Crippen LogP contribution in [0.4, 0.5) is 0 Å². The lowest BCUT2D eigenvalue weighted by atomic mass is 10.2. The van der Waals surface area contributed by atoms with Crippen molar-refractivity contribution < 1.29 is 4.74 Å². The summed E-state index contributed by atoms with van der Waals surface area (Å²) in [5.41, 5.74) is 0. The van der Waals surface area contributed by atoms with Crippen LogP contribution in [0.2, 0.25) is 0 Å². The van der Waals surface area contributed by atoms with Crippen molar-refractivity contribution in [3.8, 4) is 0 Å². The molecule has 0 N–H and O–H groups in total. The van der Waals surface area contributed by atoms with Crippen LogP contribution in [0.25, 0.3) is 0 Å². The van der Waals surface area contributed by atoms with E-state index in [1.165, 1.54) is 12.2 Å². The zero-order chi connectivity index (χ0) is 4.83. The highest BCUT2D eigenvalue weighted by atomic mass is 16.5. The minimum atomic E-state index is 0.688. The minimum Gasteiger partial charge on any atom is -0.503 e. The molecular weight excluding hydrogens is 74.9 g/mol. The van der Waals surface area contributed by atoms with Gasteiger partial charge in [0.25, 0.3) is 0 Å². The Bertz CT molecular complexity index is 42.8. The molecule has 0 spiro atoms. The predicted octanol–water partition coefficient (Wildman–Crippen LogP) is 0.663. The van der Waals surface area contributed by atoms with Gasteiger partial charge < -0.3 is 4.74 Å². The highest BCUT2D eigenvalue weighted by Gasteiger charge is 1.59. The zero-order valence-electron chi connectivity index (χ0n) is 3.85. The molecule has 0 saturated heterocycles. The van der Waals surface area contributed by atoms with Gasteiger partial charge in [-0.3, -0.25) is 0 Å². The first-order valence-corrected chi connectivity index (χ1v) is 1.90. The molecule has 0 bridgehead atoms. The Morgan fingerprint density at radius 3 is 2.67 bits per heavy atom. The molecule has 0 heterocycles. The topological polar surface area (TPSA) is 9.23 Å². The van der Waals surface area contributed by atoms with Crippen LogP contribution >= 0.6 is 0 Å². The normalized spacial score (nSPS) is 9.50. The van der Waals surface area contributed by atoms with Crippen molar-refractivity contribution in [2.75, 3.05) is 6.61 Å². The van der Waals surface area contributed by atoms with Crippen molar-refractivity contribution in [3.63, 3.8) is 0 Å². The first-order chi connectivity index (χ1) is 2.91. The number of ether oxygens (including phenoxy) is 1. The van der Waals surface area contributed by atoms with Gasteiger partial charge in [0.05, 0.1) is 12.9 Å². The molecule has 2 heteroatoms. The van der Waals surface area contributed by atoms with E-state index in [1.807, 2.05) is 6.92 Å². The number of rotatable bonds is 2. The van der Waals surface area contributed by atoms with Crippen molar-refractivity contribution in [3.05, 3.63) is 12.2 Å². The maximum atomic E-state index is 4.91. The third kappa shape index (κ3) is 3.60. The predicted molar refractivity (Wildman–Crippen MR) is 26.5 cm³/mol. The SMILES string of the molecule is [B]C=COCC. The van der Waals surface area contributed by atoms with Crippen molar-refractivity contribution in [2.45, 2.75) is 6.92 Å². The molecule has 0 fully saturated rings. The van der Waals surface area contributed by atoms with Crippen molar-refractivity contribution in [2.24, 2.45) is 0 Å². The Labute approximate surface area is 39.4 Å². The summed E-state index contributed by atoms with van der Waals surface area (Å²) >= 11 is 0. The molecule has 32 valence electrons. The summed E-state index contributed by atoms with van der Waals surface area (Å²) in [7, 11) is 4.91. The second-order valence-corrected chi connectivity index (χ2v) is 0.784. The Hall–Kier alpha value is -0.395. The highest BCUT2D eigenvalue weighted by molar-refractivity contribution is 6.16. The molecule has 0 aliphatic rings. The summed E-state index contributed by atoms with van der Waals surface area (Å²) in [5.74, 6) is 1.36. The molecule has 0 aromatic carbocycles. The number of hydrogen-bond acceptors (Lipinski definition) is 1. The van der Waals surface area contributed by atoms with Crippen LogP contribution in [0.15, 0.2) is 12.2 Å².